The summed E-state index contributed by atoms with van der Waals surface area (Å²) in [5.74, 6) is 0.786. The highest BCUT2D eigenvalue weighted by Crippen LogP contribution is 2.24. The largest absolute Gasteiger partial charge is 0.399 e. The molecule has 0 radical (unpaired) electrons. The minimum Gasteiger partial charge on any atom is -0.399 e. The van der Waals surface area contributed by atoms with Crippen molar-refractivity contribution in [3.63, 3.8) is 0 Å². The van der Waals surface area contributed by atoms with Gasteiger partial charge in [0.25, 0.3) is 0 Å². The molecule has 0 bridgehead atoms. The maximum atomic E-state index is 12.0. The van der Waals surface area contributed by atoms with Gasteiger partial charge in [0.05, 0.1) is 10.7 Å². The monoisotopic (exact) mass is 309 g/mol. The lowest BCUT2D eigenvalue weighted by molar-refractivity contribution is -0.116. The second kappa shape index (κ2) is 7.66. The van der Waals surface area contributed by atoms with Crippen LogP contribution < -0.4 is 11.1 Å². The molecule has 1 aliphatic heterocycles. The molecule has 5 heteroatoms. The lowest BCUT2D eigenvalue weighted by Crippen LogP contribution is -2.37. The molecule has 1 fully saturated rings. The average molecular weight is 310 g/mol. The van der Waals surface area contributed by atoms with Gasteiger partial charge in [-0.3, -0.25) is 4.79 Å². The highest BCUT2D eigenvalue weighted by Gasteiger charge is 2.18. The second-order valence-corrected chi connectivity index (χ2v) is 6.16. The second-order valence-electron chi connectivity index (χ2n) is 5.75. The number of carbonyl (C=O) groups excluding carboxylic acids is 1. The summed E-state index contributed by atoms with van der Waals surface area (Å²) < 4.78 is 0. The van der Waals surface area contributed by atoms with Crippen molar-refractivity contribution in [2.75, 3.05) is 30.7 Å². The van der Waals surface area contributed by atoms with Gasteiger partial charge in [0.2, 0.25) is 5.91 Å². The van der Waals surface area contributed by atoms with Crippen LogP contribution in [-0.2, 0) is 4.79 Å². The normalized spacial score (nSPS) is 19.4. The molecule has 1 aliphatic rings. The third-order valence-corrected chi connectivity index (χ3v) is 4.42. The van der Waals surface area contributed by atoms with Crippen LogP contribution in [0.1, 0.15) is 32.6 Å². The van der Waals surface area contributed by atoms with Crippen LogP contribution in [0.2, 0.25) is 5.02 Å². The van der Waals surface area contributed by atoms with Crippen LogP contribution in [-0.4, -0.2) is 30.4 Å². The SMILES string of the molecule is CCC1CCCN(CCC(=O)Nc2ccc(N)cc2Cl)C1. The molecule has 0 aromatic heterocycles. The topological polar surface area (TPSA) is 58.4 Å². The Kier molecular flexibility index (Phi) is 5.88. The van der Waals surface area contributed by atoms with E-state index >= 15 is 0 Å². The van der Waals surface area contributed by atoms with Crippen molar-refractivity contribution in [1.82, 2.24) is 4.90 Å². The lowest BCUT2D eigenvalue weighted by atomic mass is 9.95. The number of amides is 1. The Morgan fingerprint density at radius 1 is 1.52 bits per heavy atom. The number of halogens is 1. The first-order chi connectivity index (χ1) is 10.1. The summed E-state index contributed by atoms with van der Waals surface area (Å²) in [6.07, 6.45) is 4.28. The molecule has 0 saturated carbocycles. The maximum absolute atomic E-state index is 12.0. The molecule has 116 valence electrons. The zero-order valence-corrected chi connectivity index (χ0v) is 13.3. The fraction of sp³-hybridized carbons (Fsp3) is 0.562. The number of piperidine rings is 1. The summed E-state index contributed by atoms with van der Waals surface area (Å²) in [6, 6.07) is 5.12. The summed E-state index contributed by atoms with van der Waals surface area (Å²) in [5.41, 5.74) is 6.86. The van der Waals surface area contributed by atoms with Gasteiger partial charge in [0, 0.05) is 25.2 Å². The third-order valence-electron chi connectivity index (χ3n) is 4.10. The van der Waals surface area contributed by atoms with Gasteiger partial charge >= 0.3 is 0 Å². The van der Waals surface area contributed by atoms with Crippen molar-refractivity contribution in [2.45, 2.75) is 32.6 Å². The van der Waals surface area contributed by atoms with Crippen LogP contribution in [0.4, 0.5) is 11.4 Å². The van der Waals surface area contributed by atoms with E-state index in [2.05, 4.69) is 17.1 Å². The van der Waals surface area contributed by atoms with E-state index in [1.165, 1.54) is 19.3 Å². The van der Waals surface area contributed by atoms with Crippen LogP contribution in [0, 0.1) is 5.92 Å². The molecule has 4 nitrogen and oxygen atoms in total. The van der Waals surface area contributed by atoms with E-state index in [0.29, 0.717) is 22.8 Å². The quantitative estimate of drug-likeness (QED) is 0.820. The fourth-order valence-electron chi connectivity index (χ4n) is 2.79. The van der Waals surface area contributed by atoms with Gasteiger partial charge in [-0.2, -0.15) is 0 Å². The number of hydrogen-bond acceptors (Lipinski definition) is 3. The smallest absolute Gasteiger partial charge is 0.225 e. The Balaban J connectivity index is 1.79. The number of benzene rings is 1. The molecule has 0 spiro atoms. The molecule has 1 saturated heterocycles. The van der Waals surface area contributed by atoms with Crippen molar-refractivity contribution in [2.24, 2.45) is 5.92 Å². The first-order valence-electron chi connectivity index (χ1n) is 7.65. The molecule has 0 aliphatic carbocycles. The fourth-order valence-corrected chi connectivity index (χ4v) is 3.03. The summed E-state index contributed by atoms with van der Waals surface area (Å²) in [7, 11) is 0. The highest BCUT2D eigenvalue weighted by molar-refractivity contribution is 6.34. The molecule has 1 unspecified atom stereocenters. The Morgan fingerprint density at radius 3 is 3.05 bits per heavy atom. The number of anilines is 2. The predicted molar refractivity (Wildman–Crippen MR) is 88.6 cm³/mol. The van der Waals surface area contributed by atoms with E-state index in [1.54, 1.807) is 18.2 Å². The predicted octanol–water partition coefficient (Wildman–Crippen LogP) is 3.37. The number of nitrogen functional groups attached to an aromatic ring is 1. The Morgan fingerprint density at radius 2 is 2.33 bits per heavy atom. The van der Waals surface area contributed by atoms with Crippen molar-refractivity contribution in [3.8, 4) is 0 Å². The number of carbonyl (C=O) groups is 1. The van der Waals surface area contributed by atoms with Gasteiger partial charge in [-0.1, -0.05) is 24.9 Å². The summed E-state index contributed by atoms with van der Waals surface area (Å²) in [4.78, 5) is 14.4. The van der Waals surface area contributed by atoms with E-state index in [1.807, 2.05) is 0 Å². The Hall–Kier alpha value is -1.26. The van der Waals surface area contributed by atoms with E-state index in [9.17, 15) is 4.79 Å². The van der Waals surface area contributed by atoms with Crippen molar-refractivity contribution in [1.29, 1.82) is 0 Å². The summed E-state index contributed by atoms with van der Waals surface area (Å²) in [5, 5.41) is 3.33. The van der Waals surface area contributed by atoms with E-state index in [4.69, 9.17) is 17.3 Å². The third kappa shape index (κ3) is 4.90. The van der Waals surface area contributed by atoms with Crippen molar-refractivity contribution in [3.05, 3.63) is 23.2 Å². The van der Waals surface area contributed by atoms with Gasteiger partial charge < -0.3 is 16.0 Å². The van der Waals surface area contributed by atoms with Crippen LogP contribution in [0.5, 0.6) is 0 Å². The van der Waals surface area contributed by atoms with Crippen LogP contribution in [0.15, 0.2) is 18.2 Å². The first kappa shape index (κ1) is 16.1. The molecule has 3 N–H and O–H groups in total. The van der Waals surface area contributed by atoms with E-state index in [0.717, 1.165) is 25.6 Å². The first-order valence-corrected chi connectivity index (χ1v) is 8.03. The molecule has 21 heavy (non-hydrogen) atoms. The standard InChI is InChI=1S/C16H24ClN3O/c1-2-12-4-3-8-20(11-12)9-7-16(21)19-15-6-5-13(18)10-14(15)17/h5-6,10,12H,2-4,7-9,11,18H2,1H3,(H,19,21). The minimum absolute atomic E-state index is 0.000272. The number of rotatable bonds is 5. The number of nitrogens with one attached hydrogen (secondary N) is 1. The van der Waals surface area contributed by atoms with Crippen LogP contribution in [0.25, 0.3) is 0 Å². The van der Waals surface area contributed by atoms with E-state index in [-0.39, 0.29) is 5.91 Å². The number of nitrogens with two attached hydrogens (primary N) is 1. The lowest BCUT2D eigenvalue weighted by Gasteiger charge is -2.32. The van der Waals surface area contributed by atoms with Gasteiger partial charge in [-0.25, -0.2) is 0 Å². The van der Waals surface area contributed by atoms with Crippen molar-refractivity contribution >= 4 is 28.9 Å². The number of likely N-dealkylation sites (tertiary alicyclic amines) is 1. The molecular formula is C16H24ClN3O. The highest BCUT2D eigenvalue weighted by atomic mass is 35.5. The zero-order chi connectivity index (χ0) is 15.2. The van der Waals surface area contributed by atoms with Gasteiger partial charge in [-0.15, -0.1) is 0 Å². The molecule has 1 atom stereocenters. The molecule has 1 aromatic carbocycles. The summed E-state index contributed by atoms with van der Waals surface area (Å²) >= 11 is 6.06. The number of nitrogens with zero attached hydrogens (tertiary/aromatic N) is 1. The van der Waals surface area contributed by atoms with Gasteiger partial charge in [0.15, 0.2) is 0 Å². The van der Waals surface area contributed by atoms with E-state index < -0.39 is 0 Å². The van der Waals surface area contributed by atoms with Gasteiger partial charge in [0.1, 0.15) is 0 Å². The van der Waals surface area contributed by atoms with Gasteiger partial charge in [-0.05, 0) is 43.5 Å². The molecule has 1 heterocycles. The molecule has 1 amide bonds. The zero-order valence-electron chi connectivity index (χ0n) is 12.6. The number of hydrogen-bond donors (Lipinski definition) is 2. The van der Waals surface area contributed by atoms with Crippen molar-refractivity contribution < 1.29 is 4.79 Å². The Bertz CT molecular complexity index is 492. The van der Waals surface area contributed by atoms with Crippen LogP contribution in [0.3, 0.4) is 0 Å². The average Bonchev–Trinajstić information content (AvgIpc) is 2.48. The Labute approximate surface area is 131 Å². The van der Waals surface area contributed by atoms with Crippen LogP contribution >= 0.6 is 11.6 Å². The molecule has 2 rings (SSSR count). The molecular weight excluding hydrogens is 286 g/mol. The maximum Gasteiger partial charge on any atom is 0.225 e. The molecule has 1 aromatic rings. The minimum atomic E-state index is 0.000272. The summed E-state index contributed by atoms with van der Waals surface area (Å²) in [6.45, 7) is 5.28.